The first-order valence-electron chi connectivity index (χ1n) is 12.7. The molecular weight excluding hydrogens is 560 g/mol. The van der Waals surface area contributed by atoms with Crippen LogP contribution in [-0.4, -0.2) is 51.5 Å². The van der Waals surface area contributed by atoms with E-state index in [1.807, 2.05) is 50.2 Å². The Labute approximate surface area is 245 Å². The zero-order chi connectivity index (χ0) is 28.9. The molecule has 0 aliphatic heterocycles. The first kappa shape index (κ1) is 28.1. The number of ether oxygens (including phenoxy) is 2. The van der Waals surface area contributed by atoms with Crippen molar-refractivity contribution in [2.45, 2.75) is 25.5 Å². The van der Waals surface area contributed by atoms with Gasteiger partial charge < -0.3 is 20.1 Å². The van der Waals surface area contributed by atoms with Crippen molar-refractivity contribution in [2.24, 2.45) is 0 Å². The van der Waals surface area contributed by atoms with Crippen LogP contribution in [0.5, 0.6) is 11.5 Å². The Balaban J connectivity index is 1.38. The summed E-state index contributed by atoms with van der Waals surface area (Å²) >= 11 is 2.62. The Hall–Kier alpha value is -4.42. The maximum atomic E-state index is 12.9. The third kappa shape index (κ3) is 6.34. The molecule has 0 saturated heterocycles. The number of para-hydroxylation sites is 1. The van der Waals surface area contributed by atoms with Crippen molar-refractivity contribution in [3.05, 3.63) is 83.2 Å². The summed E-state index contributed by atoms with van der Waals surface area (Å²) in [7, 11) is 3.14. The number of thioether (sulfide) groups is 1. The molecule has 0 radical (unpaired) electrons. The van der Waals surface area contributed by atoms with Crippen molar-refractivity contribution in [1.29, 1.82) is 0 Å². The molecule has 0 bridgehead atoms. The minimum absolute atomic E-state index is 0.0648. The summed E-state index contributed by atoms with van der Waals surface area (Å²) in [6.45, 7) is 4.06. The zero-order valence-electron chi connectivity index (χ0n) is 22.9. The van der Waals surface area contributed by atoms with Gasteiger partial charge in [-0.05, 0) is 61.4 Å². The number of fused-ring (bicyclic) bond motifs is 1. The van der Waals surface area contributed by atoms with Crippen LogP contribution in [0.15, 0.2) is 65.8 Å². The van der Waals surface area contributed by atoms with Crippen molar-refractivity contribution < 1.29 is 19.1 Å². The van der Waals surface area contributed by atoms with E-state index in [2.05, 4.69) is 25.8 Å². The molecule has 2 aromatic heterocycles. The minimum atomic E-state index is -0.232. The highest BCUT2D eigenvalue weighted by Gasteiger charge is 2.21. The molecule has 12 heteroatoms. The van der Waals surface area contributed by atoms with Gasteiger partial charge in [0.15, 0.2) is 16.1 Å². The first-order chi connectivity index (χ1) is 19.9. The molecule has 0 fully saturated rings. The van der Waals surface area contributed by atoms with E-state index in [1.54, 1.807) is 43.1 Å². The fourth-order valence-corrected chi connectivity index (χ4v) is 5.72. The van der Waals surface area contributed by atoms with Crippen molar-refractivity contribution in [1.82, 2.24) is 25.1 Å². The number of hydrogen-bond acceptors (Lipinski definition) is 9. The van der Waals surface area contributed by atoms with Crippen LogP contribution in [0, 0.1) is 13.8 Å². The standard InChI is InChI=1S/C29H28N6O4S2/c1-17-9-10-19(13-18(17)2)27(37)30-15-25-33-34-29(35(25)22-14-20(38-3)11-12-23(22)39-4)40-16-26(36)32-28-31-21-7-5-6-8-24(21)41-28/h5-14H,15-16H2,1-4H3,(H,30,37)(H,31,32,36). The second kappa shape index (κ2) is 12.4. The topological polar surface area (TPSA) is 120 Å². The molecule has 210 valence electrons. The number of nitrogens with one attached hydrogen (secondary N) is 2. The number of thiazole rings is 1. The number of aryl methyl sites for hydroxylation is 2. The Morgan fingerprint density at radius 1 is 0.976 bits per heavy atom. The highest BCUT2D eigenvalue weighted by atomic mass is 32.2. The predicted octanol–water partition coefficient (Wildman–Crippen LogP) is 5.17. The van der Waals surface area contributed by atoms with E-state index in [1.165, 1.54) is 23.1 Å². The van der Waals surface area contributed by atoms with Crippen LogP contribution in [0.1, 0.15) is 27.3 Å². The maximum absolute atomic E-state index is 12.9. The summed E-state index contributed by atoms with van der Waals surface area (Å²) < 4.78 is 13.8. The Bertz CT molecular complexity index is 1700. The van der Waals surface area contributed by atoms with E-state index in [0.717, 1.165) is 21.3 Å². The number of amides is 2. The van der Waals surface area contributed by atoms with E-state index in [0.29, 0.717) is 38.9 Å². The number of benzene rings is 3. The van der Waals surface area contributed by atoms with Gasteiger partial charge in [0.05, 0.1) is 42.4 Å². The molecule has 2 heterocycles. The van der Waals surface area contributed by atoms with Crippen molar-refractivity contribution in [2.75, 3.05) is 25.3 Å². The Morgan fingerprint density at radius 3 is 2.56 bits per heavy atom. The molecule has 0 aliphatic rings. The highest BCUT2D eigenvalue weighted by molar-refractivity contribution is 7.99. The fourth-order valence-electron chi connectivity index (χ4n) is 4.08. The molecule has 5 rings (SSSR count). The third-order valence-electron chi connectivity index (χ3n) is 6.38. The predicted molar refractivity (Wildman–Crippen MR) is 161 cm³/mol. The quantitative estimate of drug-likeness (QED) is 0.214. The van der Waals surface area contributed by atoms with Crippen LogP contribution in [0.4, 0.5) is 5.13 Å². The van der Waals surface area contributed by atoms with Crippen LogP contribution < -0.4 is 20.1 Å². The van der Waals surface area contributed by atoms with Gasteiger partial charge in [0.2, 0.25) is 5.91 Å². The monoisotopic (exact) mass is 588 g/mol. The lowest BCUT2D eigenvalue weighted by molar-refractivity contribution is -0.113. The Morgan fingerprint density at radius 2 is 1.80 bits per heavy atom. The number of nitrogens with zero attached hydrogens (tertiary/aromatic N) is 4. The molecule has 0 saturated carbocycles. The number of aromatic nitrogens is 4. The molecular formula is C29H28N6O4S2. The smallest absolute Gasteiger partial charge is 0.251 e. The number of carbonyl (C=O) groups excluding carboxylic acids is 2. The lowest BCUT2D eigenvalue weighted by atomic mass is 10.1. The van der Waals surface area contributed by atoms with Gasteiger partial charge in [-0.3, -0.25) is 14.2 Å². The average Bonchev–Trinajstić information content (AvgIpc) is 3.58. The van der Waals surface area contributed by atoms with Gasteiger partial charge in [-0.1, -0.05) is 41.3 Å². The van der Waals surface area contributed by atoms with Gasteiger partial charge in [0.1, 0.15) is 11.5 Å². The number of carbonyl (C=O) groups is 2. The van der Waals surface area contributed by atoms with Gasteiger partial charge in [0, 0.05) is 11.6 Å². The van der Waals surface area contributed by atoms with E-state index in [9.17, 15) is 9.59 Å². The van der Waals surface area contributed by atoms with E-state index in [4.69, 9.17) is 9.47 Å². The number of methoxy groups -OCH3 is 2. The molecule has 2 N–H and O–H groups in total. The van der Waals surface area contributed by atoms with Crippen LogP contribution in [-0.2, 0) is 11.3 Å². The molecule has 0 atom stereocenters. The molecule has 3 aromatic carbocycles. The summed E-state index contributed by atoms with van der Waals surface area (Å²) in [5, 5.41) is 15.5. The molecule has 0 aliphatic carbocycles. The van der Waals surface area contributed by atoms with Gasteiger partial charge in [-0.25, -0.2) is 4.98 Å². The van der Waals surface area contributed by atoms with Crippen molar-refractivity contribution in [3.63, 3.8) is 0 Å². The molecule has 41 heavy (non-hydrogen) atoms. The first-order valence-corrected chi connectivity index (χ1v) is 14.5. The number of anilines is 1. The third-order valence-corrected chi connectivity index (χ3v) is 8.26. The van der Waals surface area contributed by atoms with Crippen LogP contribution in [0.3, 0.4) is 0 Å². The van der Waals surface area contributed by atoms with Gasteiger partial charge in [0.25, 0.3) is 5.91 Å². The van der Waals surface area contributed by atoms with Gasteiger partial charge in [-0.15, -0.1) is 10.2 Å². The lowest BCUT2D eigenvalue weighted by Crippen LogP contribution is -2.25. The van der Waals surface area contributed by atoms with Crippen LogP contribution in [0.2, 0.25) is 0 Å². The maximum Gasteiger partial charge on any atom is 0.251 e. The summed E-state index contributed by atoms with van der Waals surface area (Å²) in [6, 6.07) is 18.6. The molecule has 0 unspecified atom stereocenters. The van der Waals surface area contributed by atoms with Crippen LogP contribution in [0.25, 0.3) is 15.9 Å². The summed E-state index contributed by atoms with van der Waals surface area (Å²) in [4.78, 5) is 30.2. The van der Waals surface area contributed by atoms with E-state index >= 15 is 0 Å². The van der Waals surface area contributed by atoms with Gasteiger partial charge >= 0.3 is 0 Å². The second-order valence-electron chi connectivity index (χ2n) is 9.08. The van der Waals surface area contributed by atoms with Crippen molar-refractivity contribution >= 4 is 50.3 Å². The second-order valence-corrected chi connectivity index (χ2v) is 11.1. The SMILES string of the molecule is COc1ccc(OC)c(-n2c(CNC(=O)c3ccc(C)c(C)c3)nnc2SCC(=O)Nc2nc3ccccc3s2)c1. The average molecular weight is 589 g/mol. The highest BCUT2D eigenvalue weighted by Crippen LogP contribution is 2.32. The molecule has 10 nitrogen and oxygen atoms in total. The number of rotatable bonds is 10. The lowest BCUT2D eigenvalue weighted by Gasteiger charge is -2.15. The summed E-state index contributed by atoms with van der Waals surface area (Å²) in [6.07, 6.45) is 0. The van der Waals surface area contributed by atoms with Crippen molar-refractivity contribution in [3.8, 4) is 17.2 Å². The van der Waals surface area contributed by atoms with E-state index in [-0.39, 0.29) is 24.1 Å². The normalized spacial score (nSPS) is 10.9. The molecule has 5 aromatic rings. The molecule has 2 amide bonds. The van der Waals surface area contributed by atoms with Crippen LogP contribution >= 0.6 is 23.1 Å². The molecule has 0 spiro atoms. The Kier molecular flexibility index (Phi) is 8.50. The zero-order valence-corrected chi connectivity index (χ0v) is 24.6. The largest absolute Gasteiger partial charge is 0.497 e. The van der Waals surface area contributed by atoms with Gasteiger partial charge in [-0.2, -0.15) is 0 Å². The number of hydrogen-bond donors (Lipinski definition) is 2. The summed E-state index contributed by atoms with van der Waals surface area (Å²) in [5.41, 5.74) is 4.14. The van der Waals surface area contributed by atoms with E-state index < -0.39 is 0 Å². The minimum Gasteiger partial charge on any atom is -0.497 e. The fraction of sp³-hybridized carbons (Fsp3) is 0.207. The summed E-state index contributed by atoms with van der Waals surface area (Å²) in [5.74, 6) is 1.21.